The largest absolute Gasteiger partial charge is 0.435 e. The molecular formula is C45H30N2O. The Morgan fingerprint density at radius 2 is 0.938 bits per heavy atom. The Hall–Kier alpha value is -6.45. The summed E-state index contributed by atoms with van der Waals surface area (Å²) in [6.45, 7) is 0. The summed E-state index contributed by atoms with van der Waals surface area (Å²) in [5, 5.41) is 4.92. The van der Waals surface area contributed by atoms with E-state index in [-0.39, 0.29) is 0 Å². The SMILES string of the molecule is c1ccc(-c2nc3cccc(-c4ccc(N(c5ccccc5)c5ccc6cc(-c7ccc8ccccc8c7)ccc6c5)cc4)c3o2)cc1. The molecule has 0 fully saturated rings. The number of aromatic nitrogens is 1. The zero-order valence-electron chi connectivity index (χ0n) is 26.1. The van der Waals surface area contributed by atoms with Crippen molar-refractivity contribution in [1.29, 1.82) is 0 Å². The predicted molar refractivity (Wildman–Crippen MR) is 200 cm³/mol. The van der Waals surface area contributed by atoms with E-state index >= 15 is 0 Å². The molecule has 9 rings (SSSR count). The smallest absolute Gasteiger partial charge is 0.227 e. The van der Waals surface area contributed by atoms with Crippen LogP contribution >= 0.6 is 0 Å². The Balaban J connectivity index is 1.08. The highest BCUT2D eigenvalue weighted by Crippen LogP contribution is 2.39. The molecule has 0 amide bonds. The molecule has 0 bridgehead atoms. The molecule has 0 atom stereocenters. The second kappa shape index (κ2) is 11.7. The lowest BCUT2D eigenvalue weighted by Crippen LogP contribution is -2.09. The van der Waals surface area contributed by atoms with E-state index in [1.165, 1.54) is 32.7 Å². The molecule has 1 aromatic heterocycles. The fourth-order valence-corrected chi connectivity index (χ4v) is 6.62. The highest BCUT2D eigenvalue weighted by Gasteiger charge is 2.16. The molecular weight excluding hydrogens is 585 g/mol. The molecule has 0 N–H and O–H groups in total. The summed E-state index contributed by atoms with van der Waals surface area (Å²) in [6, 6.07) is 64.1. The first-order chi connectivity index (χ1) is 23.8. The average Bonchev–Trinajstić information content (AvgIpc) is 3.61. The fraction of sp³-hybridized carbons (Fsp3) is 0. The standard InChI is InChI=1S/C45H30N2O/c1-3-11-33(12-4-1)45-46-43-17-9-16-42(44(43)48-45)32-22-25-40(26-23-32)47(39-14-5-2-6-15-39)41-27-24-37-29-36(20-21-38(37)30-41)35-19-18-31-10-7-8-13-34(31)28-35/h1-30H. The third kappa shape index (κ3) is 5.08. The van der Waals surface area contributed by atoms with Crippen LogP contribution in [0.2, 0.25) is 0 Å². The molecule has 3 heteroatoms. The van der Waals surface area contributed by atoms with Gasteiger partial charge in [0.05, 0.1) is 0 Å². The van der Waals surface area contributed by atoms with Gasteiger partial charge in [0.15, 0.2) is 5.58 Å². The first-order valence-corrected chi connectivity index (χ1v) is 16.2. The Labute approximate surface area is 279 Å². The first kappa shape index (κ1) is 27.8. The van der Waals surface area contributed by atoms with Crippen LogP contribution in [-0.2, 0) is 0 Å². The van der Waals surface area contributed by atoms with Crippen molar-refractivity contribution in [2.24, 2.45) is 0 Å². The molecule has 9 aromatic rings. The van der Waals surface area contributed by atoms with Crippen LogP contribution in [0.3, 0.4) is 0 Å². The molecule has 0 saturated carbocycles. The number of hydrogen-bond donors (Lipinski definition) is 0. The van der Waals surface area contributed by atoms with E-state index in [0.29, 0.717) is 5.89 Å². The van der Waals surface area contributed by atoms with Gasteiger partial charge in [0.25, 0.3) is 0 Å². The van der Waals surface area contributed by atoms with E-state index in [4.69, 9.17) is 9.40 Å². The quantitative estimate of drug-likeness (QED) is 0.187. The molecule has 0 unspecified atom stereocenters. The number of fused-ring (bicyclic) bond motifs is 3. The van der Waals surface area contributed by atoms with Crippen molar-refractivity contribution in [2.45, 2.75) is 0 Å². The Morgan fingerprint density at radius 3 is 1.71 bits per heavy atom. The van der Waals surface area contributed by atoms with Crippen LogP contribution < -0.4 is 4.90 Å². The van der Waals surface area contributed by atoms with Gasteiger partial charge in [-0.1, -0.05) is 115 Å². The summed E-state index contributed by atoms with van der Waals surface area (Å²) < 4.78 is 6.33. The minimum absolute atomic E-state index is 0.630. The van der Waals surface area contributed by atoms with Crippen LogP contribution in [0.5, 0.6) is 0 Å². The third-order valence-corrected chi connectivity index (χ3v) is 9.05. The van der Waals surface area contributed by atoms with Crippen molar-refractivity contribution in [2.75, 3.05) is 4.90 Å². The monoisotopic (exact) mass is 614 g/mol. The number of oxazole rings is 1. The first-order valence-electron chi connectivity index (χ1n) is 16.2. The van der Waals surface area contributed by atoms with Gasteiger partial charge in [0.2, 0.25) is 5.89 Å². The van der Waals surface area contributed by atoms with E-state index in [1.807, 2.05) is 42.5 Å². The van der Waals surface area contributed by atoms with Crippen molar-refractivity contribution < 1.29 is 4.42 Å². The maximum atomic E-state index is 6.33. The molecule has 0 radical (unpaired) electrons. The molecule has 0 aliphatic heterocycles. The number of nitrogens with zero attached hydrogens (tertiary/aromatic N) is 2. The van der Waals surface area contributed by atoms with Crippen LogP contribution in [0.15, 0.2) is 186 Å². The van der Waals surface area contributed by atoms with Gasteiger partial charge < -0.3 is 9.32 Å². The number of para-hydroxylation sites is 2. The van der Waals surface area contributed by atoms with Crippen LogP contribution in [0, 0.1) is 0 Å². The van der Waals surface area contributed by atoms with Crippen molar-refractivity contribution in [1.82, 2.24) is 4.98 Å². The van der Waals surface area contributed by atoms with Gasteiger partial charge in [0.1, 0.15) is 5.52 Å². The highest BCUT2D eigenvalue weighted by atomic mass is 16.3. The lowest BCUT2D eigenvalue weighted by molar-refractivity contribution is 0.621. The average molecular weight is 615 g/mol. The van der Waals surface area contributed by atoms with E-state index < -0.39 is 0 Å². The third-order valence-electron chi connectivity index (χ3n) is 9.05. The summed E-state index contributed by atoms with van der Waals surface area (Å²) >= 11 is 0. The van der Waals surface area contributed by atoms with Gasteiger partial charge in [-0.25, -0.2) is 4.98 Å². The zero-order valence-corrected chi connectivity index (χ0v) is 26.1. The van der Waals surface area contributed by atoms with Crippen molar-refractivity contribution in [3.8, 4) is 33.7 Å². The zero-order chi connectivity index (χ0) is 31.9. The van der Waals surface area contributed by atoms with Crippen molar-refractivity contribution >= 4 is 49.7 Å². The van der Waals surface area contributed by atoms with Crippen LogP contribution in [-0.4, -0.2) is 4.98 Å². The molecule has 0 saturated heterocycles. The van der Waals surface area contributed by atoms with E-state index in [1.54, 1.807) is 0 Å². The van der Waals surface area contributed by atoms with Gasteiger partial charge in [-0.05, 0) is 105 Å². The van der Waals surface area contributed by atoms with Gasteiger partial charge in [-0.2, -0.15) is 0 Å². The summed E-state index contributed by atoms with van der Waals surface area (Å²) in [5.74, 6) is 0.630. The minimum atomic E-state index is 0.630. The topological polar surface area (TPSA) is 29.3 Å². The Kier molecular flexibility index (Phi) is 6.80. The minimum Gasteiger partial charge on any atom is -0.435 e. The number of rotatable bonds is 6. The predicted octanol–water partition coefficient (Wildman–Crippen LogP) is 12.6. The van der Waals surface area contributed by atoms with Crippen molar-refractivity contribution in [3.05, 3.63) is 182 Å². The second-order valence-electron chi connectivity index (χ2n) is 12.1. The molecule has 226 valence electrons. The Morgan fingerprint density at radius 1 is 0.375 bits per heavy atom. The lowest BCUT2D eigenvalue weighted by Gasteiger charge is -2.26. The number of anilines is 3. The molecule has 0 aliphatic carbocycles. The van der Waals surface area contributed by atoms with Crippen molar-refractivity contribution in [3.63, 3.8) is 0 Å². The summed E-state index contributed by atoms with van der Waals surface area (Å²) in [4.78, 5) is 7.09. The second-order valence-corrected chi connectivity index (χ2v) is 12.1. The van der Waals surface area contributed by atoms with Crippen LogP contribution in [0.25, 0.3) is 66.4 Å². The fourth-order valence-electron chi connectivity index (χ4n) is 6.62. The molecule has 3 nitrogen and oxygen atoms in total. The molecule has 8 aromatic carbocycles. The normalized spacial score (nSPS) is 11.3. The Bertz CT molecular complexity index is 2550. The van der Waals surface area contributed by atoms with Gasteiger partial charge in [-0.3, -0.25) is 0 Å². The van der Waals surface area contributed by atoms with E-state index in [2.05, 4.69) is 144 Å². The summed E-state index contributed by atoms with van der Waals surface area (Å²) in [6.07, 6.45) is 0. The van der Waals surface area contributed by atoms with Crippen LogP contribution in [0.1, 0.15) is 0 Å². The van der Waals surface area contributed by atoms with E-state index in [9.17, 15) is 0 Å². The summed E-state index contributed by atoms with van der Waals surface area (Å²) in [7, 11) is 0. The molecule has 48 heavy (non-hydrogen) atoms. The van der Waals surface area contributed by atoms with Gasteiger partial charge in [0, 0.05) is 28.2 Å². The number of hydrogen-bond acceptors (Lipinski definition) is 3. The maximum absolute atomic E-state index is 6.33. The van der Waals surface area contributed by atoms with Gasteiger partial charge >= 0.3 is 0 Å². The highest BCUT2D eigenvalue weighted by molar-refractivity contribution is 5.95. The maximum Gasteiger partial charge on any atom is 0.227 e. The van der Waals surface area contributed by atoms with Gasteiger partial charge in [-0.15, -0.1) is 0 Å². The summed E-state index contributed by atoms with van der Waals surface area (Å²) in [5.41, 5.74) is 10.4. The number of benzene rings is 8. The lowest BCUT2D eigenvalue weighted by atomic mass is 9.98. The van der Waals surface area contributed by atoms with E-state index in [0.717, 1.165) is 44.9 Å². The molecule has 0 aliphatic rings. The molecule has 0 spiro atoms. The van der Waals surface area contributed by atoms with Crippen LogP contribution in [0.4, 0.5) is 17.1 Å². The molecule has 1 heterocycles.